The third kappa shape index (κ3) is 5.02. The summed E-state index contributed by atoms with van der Waals surface area (Å²) in [5.74, 6) is 2.00. The van der Waals surface area contributed by atoms with Gasteiger partial charge in [-0.15, -0.1) is 0 Å². The minimum Gasteiger partial charge on any atom is -0.454 e. The second kappa shape index (κ2) is 10.3. The molecule has 0 spiro atoms. The zero-order valence-corrected chi connectivity index (χ0v) is 21.6. The van der Waals surface area contributed by atoms with E-state index in [2.05, 4.69) is 40.2 Å². The predicted molar refractivity (Wildman–Crippen MR) is 143 cm³/mol. The van der Waals surface area contributed by atoms with Crippen molar-refractivity contribution in [2.45, 2.75) is 39.0 Å². The van der Waals surface area contributed by atoms with Crippen molar-refractivity contribution >= 4 is 22.6 Å². The van der Waals surface area contributed by atoms with Gasteiger partial charge in [-0.05, 0) is 62.2 Å². The van der Waals surface area contributed by atoms with Crippen molar-refractivity contribution in [3.05, 3.63) is 77.1 Å². The van der Waals surface area contributed by atoms with Gasteiger partial charge in [0.15, 0.2) is 11.5 Å². The van der Waals surface area contributed by atoms with Crippen LogP contribution < -0.4 is 14.4 Å². The molecule has 1 amide bonds. The number of nitrogens with zero attached hydrogens (tertiary/aromatic N) is 4. The molecule has 38 heavy (non-hydrogen) atoms. The van der Waals surface area contributed by atoms with Crippen LogP contribution in [0, 0.1) is 6.92 Å². The normalized spacial score (nSPS) is 16.2. The Labute approximate surface area is 221 Å². The SMILES string of the molecule is Cc1ccc2nc(N(C)Cc3ccn[nH]3)c(CN(C[C@@H]3CCCO3)C(=O)c3ccc4c(c3)OCO4)cc2c1. The summed E-state index contributed by atoms with van der Waals surface area (Å²) in [5, 5.41) is 8.16. The van der Waals surface area contributed by atoms with Crippen LogP contribution in [0.3, 0.4) is 0 Å². The van der Waals surface area contributed by atoms with Gasteiger partial charge in [-0.25, -0.2) is 4.98 Å². The minimum atomic E-state index is -0.0784. The lowest BCUT2D eigenvalue weighted by molar-refractivity contribution is 0.0507. The van der Waals surface area contributed by atoms with E-state index in [0.717, 1.165) is 53.0 Å². The van der Waals surface area contributed by atoms with Gasteiger partial charge in [0.25, 0.3) is 5.91 Å². The molecule has 0 bridgehead atoms. The van der Waals surface area contributed by atoms with E-state index in [9.17, 15) is 4.79 Å². The maximum atomic E-state index is 13.9. The molecular formula is C29H31N5O4. The summed E-state index contributed by atoms with van der Waals surface area (Å²) in [6.45, 7) is 4.48. The number of fused-ring (bicyclic) bond motifs is 2. The number of carbonyl (C=O) groups is 1. The number of carbonyl (C=O) groups excluding carboxylic acids is 1. The van der Waals surface area contributed by atoms with Crippen LogP contribution in [0.5, 0.6) is 11.5 Å². The third-order valence-corrected chi connectivity index (χ3v) is 7.07. The Bertz CT molecular complexity index is 1450. The zero-order valence-electron chi connectivity index (χ0n) is 21.6. The van der Waals surface area contributed by atoms with Gasteiger partial charge >= 0.3 is 0 Å². The fraction of sp³-hybridized carbons (Fsp3) is 0.345. The Kier molecular flexibility index (Phi) is 6.59. The van der Waals surface area contributed by atoms with Crippen LogP contribution >= 0.6 is 0 Å². The maximum absolute atomic E-state index is 13.9. The summed E-state index contributed by atoms with van der Waals surface area (Å²) in [5.41, 5.74) is 4.59. The van der Waals surface area contributed by atoms with Crippen molar-refractivity contribution < 1.29 is 19.0 Å². The van der Waals surface area contributed by atoms with Crippen LogP contribution in [0.25, 0.3) is 10.9 Å². The van der Waals surface area contributed by atoms with E-state index < -0.39 is 0 Å². The van der Waals surface area contributed by atoms with Crippen molar-refractivity contribution in [2.75, 3.05) is 31.9 Å². The van der Waals surface area contributed by atoms with E-state index in [4.69, 9.17) is 19.2 Å². The van der Waals surface area contributed by atoms with Crippen LogP contribution in [-0.4, -0.2) is 59.1 Å². The van der Waals surface area contributed by atoms with Gasteiger partial charge in [0.05, 0.1) is 23.9 Å². The molecule has 2 aliphatic rings. The number of hydrogen-bond acceptors (Lipinski definition) is 7. The molecule has 0 saturated carbocycles. The van der Waals surface area contributed by atoms with E-state index in [0.29, 0.717) is 36.7 Å². The van der Waals surface area contributed by atoms with Gasteiger partial charge in [-0.2, -0.15) is 5.10 Å². The highest BCUT2D eigenvalue weighted by Gasteiger charge is 2.27. The monoisotopic (exact) mass is 513 g/mol. The van der Waals surface area contributed by atoms with Gasteiger partial charge in [0, 0.05) is 49.5 Å². The first-order valence-corrected chi connectivity index (χ1v) is 12.9. The Balaban J connectivity index is 1.37. The molecule has 4 heterocycles. The number of rotatable bonds is 8. The number of benzene rings is 2. The number of aryl methyl sites for hydroxylation is 1. The van der Waals surface area contributed by atoms with Crippen LogP contribution in [0.4, 0.5) is 5.82 Å². The molecule has 2 aliphatic heterocycles. The molecule has 2 aromatic carbocycles. The van der Waals surface area contributed by atoms with Crippen LogP contribution in [-0.2, 0) is 17.8 Å². The number of nitrogens with one attached hydrogen (secondary N) is 1. The van der Waals surface area contributed by atoms with Crippen LogP contribution in [0.2, 0.25) is 0 Å². The predicted octanol–water partition coefficient (Wildman–Crippen LogP) is 4.45. The summed E-state index contributed by atoms with van der Waals surface area (Å²) in [7, 11) is 2.01. The molecule has 1 N–H and O–H groups in total. The summed E-state index contributed by atoms with van der Waals surface area (Å²) in [4.78, 5) is 22.9. The molecule has 1 atom stereocenters. The first-order chi connectivity index (χ1) is 18.5. The smallest absolute Gasteiger partial charge is 0.254 e. The number of amides is 1. The number of anilines is 1. The van der Waals surface area contributed by atoms with Gasteiger partial charge < -0.3 is 24.0 Å². The Hall–Kier alpha value is -4.11. The standard InChI is InChI=1S/C29H31N5O4/c1-19-5-7-25-21(12-19)13-22(28(31-25)33(2)16-23-9-10-30-32-23)15-34(17-24-4-3-11-36-24)29(35)20-6-8-26-27(14-20)38-18-37-26/h5-10,12-14,24H,3-4,11,15-18H2,1-2H3,(H,30,32)/t24-/m0/s1. The van der Waals surface area contributed by atoms with E-state index in [1.807, 2.05) is 24.1 Å². The topological polar surface area (TPSA) is 92.8 Å². The highest BCUT2D eigenvalue weighted by molar-refractivity contribution is 5.95. The van der Waals surface area contributed by atoms with Crippen molar-refractivity contribution in [2.24, 2.45) is 0 Å². The average molecular weight is 514 g/mol. The van der Waals surface area contributed by atoms with E-state index in [1.165, 1.54) is 0 Å². The van der Waals surface area contributed by atoms with Gasteiger partial charge in [0.2, 0.25) is 6.79 Å². The third-order valence-electron chi connectivity index (χ3n) is 7.07. The molecule has 2 aromatic heterocycles. The Morgan fingerprint density at radius 2 is 1.97 bits per heavy atom. The van der Waals surface area contributed by atoms with Crippen molar-refractivity contribution in [1.29, 1.82) is 0 Å². The lowest BCUT2D eigenvalue weighted by Gasteiger charge is -2.28. The maximum Gasteiger partial charge on any atom is 0.254 e. The number of aromatic nitrogens is 3. The molecule has 9 nitrogen and oxygen atoms in total. The number of hydrogen-bond donors (Lipinski definition) is 1. The highest BCUT2D eigenvalue weighted by atomic mass is 16.7. The largest absolute Gasteiger partial charge is 0.454 e. The second-order valence-corrected chi connectivity index (χ2v) is 9.99. The van der Waals surface area contributed by atoms with E-state index in [-0.39, 0.29) is 18.8 Å². The molecule has 6 rings (SSSR count). The summed E-state index contributed by atoms with van der Waals surface area (Å²) >= 11 is 0. The first-order valence-electron chi connectivity index (χ1n) is 12.9. The Morgan fingerprint density at radius 1 is 1.08 bits per heavy atom. The summed E-state index contributed by atoms with van der Waals surface area (Å²) in [6, 6.07) is 15.7. The number of H-pyrrole nitrogens is 1. The molecular weight excluding hydrogens is 482 g/mol. The van der Waals surface area contributed by atoms with Crippen molar-refractivity contribution in [3.63, 3.8) is 0 Å². The fourth-order valence-electron chi connectivity index (χ4n) is 5.15. The molecule has 1 fully saturated rings. The number of aromatic amines is 1. The van der Waals surface area contributed by atoms with E-state index >= 15 is 0 Å². The molecule has 4 aromatic rings. The lowest BCUT2D eigenvalue weighted by atomic mass is 10.1. The van der Waals surface area contributed by atoms with Crippen LogP contribution in [0.15, 0.2) is 54.7 Å². The van der Waals surface area contributed by atoms with Gasteiger partial charge in [0.1, 0.15) is 5.82 Å². The fourth-order valence-corrected chi connectivity index (χ4v) is 5.15. The summed E-state index contributed by atoms with van der Waals surface area (Å²) < 4.78 is 16.9. The minimum absolute atomic E-state index is 0.00907. The molecule has 0 radical (unpaired) electrons. The lowest BCUT2D eigenvalue weighted by Crippen LogP contribution is -2.37. The molecule has 9 heteroatoms. The number of ether oxygens (including phenoxy) is 3. The van der Waals surface area contributed by atoms with Crippen LogP contribution in [0.1, 0.15) is 40.0 Å². The number of pyridine rings is 1. The van der Waals surface area contributed by atoms with Crippen molar-refractivity contribution in [1.82, 2.24) is 20.1 Å². The highest BCUT2D eigenvalue weighted by Crippen LogP contribution is 2.33. The molecule has 1 saturated heterocycles. The molecule has 0 unspecified atom stereocenters. The zero-order chi connectivity index (χ0) is 26.1. The first kappa shape index (κ1) is 24.2. The molecule has 0 aliphatic carbocycles. The van der Waals surface area contributed by atoms with Crippen molar-refractivity contribution in [3.8, 4) is 11.5 Å². The van der Waals surface area contributed by atoms with E-state index in [1.54, 1.807) is 24.4 Å². The Morgan fingerprint density at radius 3 is 2.79 bits per heavy atom. The van der Waals surface area contributed by atoms with Gasteiger partial charge in [-0.3, -0.25) is 9.89 Å². The van der Waals surface area contributed by atoms with Gasteiger partial charge in [-0.1, -0.05) is 11.6 Å². The quantitative estimate of drug-likeness (QED) is 0.372. The molecule has 196 valence electrons. The average Bonchev–Trinajstić information content (AvgIpc) is 3.70. The second-order valence-electron chi connectivity index (χ2n) is 9.99. The summed E-state index contributed by atoms with van der Waals surface area (Å²) in [6.07, 6.45) is 3.70.